The third-order valence-corrected chi connectivity index (χ3v) is 3.97. The Morgan fingerprint density at radius 1 is 1.47 bits per heavy atom. The summed E-state index contributed by atoms with van der Waals surface area (Å²) in [6.45, 7) is 5.25. The van der Waals surface area contributed by atoms with Crippen LogP contribution in [-0.4, -0.2) is 47.7 Å². The van der Waals surface area contributed by atoms with Gasteiger partial charge >= 0.3 is 0 Å². The van der Waals surface area contributed by atoms with Crippen molar-refractivity contribution in [3.63, 3.8) is 0 Å². The quantitative estimate of drug-likeness (QED) is 0.900. The number of hydrogen-bond acceptors (Lipinski definition) is 4. The number of piperidine rings is 1. The van der Waals surface area contributed by atoms with Crippen molar-refractivity contribution in [2.75, 3.05) is 31.6 Å². The number of aliphatic hydroxyl groups is 1. The molecule has 0 saturated carbocycles. The highest BCUT2D eigenvalue weighted by Gasteiger charge is 2.23. The summed E-state index contributed by atoms with van der Waals surface area (Å²) in [5.74, 6) is 0.292. The minimum Gasteiger partial charge on any atom is -0.392 e. The van der Waals surface area contributed by atoms with Gasteiger partial charge in [0.2, 0.25) is 0 Å². The first-order valence-corrected chi connectivity index (χ1v) is 6.86. The summed E-state index contributed by atoms with van der Waals surface area (Å²) >= 11 is 0. The average molecular weight is 267 g/mol. The van der Waals surface area contributed by atoms with Crippen molar-refractivity contribution in [3.8, 4) is 0 Å². The van der Waals surface area contributed by atoms with Crippen LogP contribution in [0.5, 0.6) is 0 Å². The molecule has 1 saturated heterocycles. The Bertz CT molecular complexity index is 419. The molecule has 106 valence electrons. The zero-order valence-corrected chi connectivity index (χ0v) is 11.6. The lowest BCUT2D eigenvalue weighted by Gasteiger charge is -2.37. The lowest BCUT2D eigenvalue weighted by atomic mass is 10.0. The normalized spacial score (nSPS) is 17.7. The van der Waals surface area contributed by atoms with Gasteiger partial charge in [0.25, 0.3) is 0 Å². The molecular weight excluding hydrogens is 245 g/mol. The topological polar surface area (TPSA) is 39.6 Å². The number of hydrogen-bond donors (Lipinski definition) is 1. The molecule has 0 amide bonds. The number of pyridine rings is 1. The Kier molecular flexibility index (Phi) is 4.71. The van der Waals surface area contributed by atoms with E-state index >= 15 is 0 Å². The molecule has 0 spiro atoms. The van der Waals surface area contributed by atoms with E-state index in [1.165, 1.54) is 12.3 Å². The van der Waals surface area contributed by atoms with Crippen LogP contribution in [0.2, 0.25) is 0 Å². The van der Waals surface area contributed by atoms with Crippen LogP contribution in [0.3, 0.4) is 0 Å². The summed E-state index contributed by atoms with van der Waals surface area (Å²) < 4.78 is 13.1. The lowest BCUT2D eigenvalue weighted by molar-refractivity contribution is 0.220. The summed E-state index contributed by atoms with van der Waals surface area (Å²) in [6, 6.07) is 1.77. The van der Waals surface area contributed by atoms with Crippen LogP contribution >= 0.6 is 0 Å². The molecule has 1 aliphatic heterocycles. The Morgan fingerprint density at radius 3 is 2.74 bits per heavy atom. The van der Waals surface area contributed by atoms with E-state index in [0.717, 1.165) is 32.5 Å². The van der Waals surface area contributed by atoms with E-state index in [1.54, 1.807) is 0 Å². The highest BCUT2D eigenvalue weighted by molar-refractivity contribution is 5.46. The molecule has 0 unspecified atom stereocenters. The Balaban J connectivity index is 2.09. The molecule has 1 aromatic rings. The monoisotopic (exact) mass is 267 g/mol. The molecule has 19 heavy (non-hydrogen) atoms. The Hall–Kier alpha value is -1.20. The largest absolute Gasteiger partial charge is 0.392 e. The van der Waals surface area contributed by atoms with Gasteiger partial charge in [-0.25, -0.2) is 9.37 Å². The molecule has 4 nitrogen and oxygen atoms in total. The Labute approximate surface area is 113 Å². The first kappa shape index (κ1) is 14.2. The van der Waals surface area contributed by atoms with E-state index in [-0.39, 0.29) is 6.61 Å². The predicted octanol–water partition coefficient (Wildman–Crippen LogP) is 1.63. The number of anilines is 1. The summed E-state index contributed by atoms with van der Waals surface area (Å²) in [7, 11) is 1.98. The maximum atomic E-state index is 13.1. The summed E-state index contributed by atoms with van der Waals surface area (Å²) in [5.41, 5.74) is 0.556. The van der Waals surface area contributed by atoms with Gasteiger partial charge in [-0.1, -0.05) is 6.92 Å². The average Bonchev–Trinajstić information content (AvgIpc) is 2.46. The second-order valence-corrected chi connectivity index (χ2v) is 5.07. The van der Waals surface area contributed by atoms with Crippen LogP contribution in [0, 0.1) is 5.82 Å². The van der Waals surface area contributed by atoms with Gasteiger partial charge < -0.3 is 14.9 Å². The van der Waals surface area contributed by atoms with E-state index in [2.05, 4.69) is 21.7 Å². The highest BCUT2D eigenvalue weighted by atomic mass is 19.1. The van der Waals surface area contributed by atoms with Crippen LogP contribution in [0.25, 0.3) is 0 Å². The maximum absolute atomic E-state index is 13.1. The number of nitrogens with zero attached hydrogens (tertiary/aromatic N) is 3. The van der Waals surface area contributed by atoms with E-state index in [1.807, 2.05) is 7.05 Å². The fourth-order valence-corrected chi connectivity index (χ4v) is 2.70. The van der Waals surface area contributed by atoms with Gasteiger partial charge in [0.1, 0.15) is 11.6 Å². The van der Waals surface area contributed by atoms with Crippen LogP contribution in [0.15, 0.2) is 12.3 Å². The maximum Gasteiger partial charge on any atom is 0.142 e. The first-order valence-electron chi connectivity index (χ1n) is 6.86. The number of halogens is 1. The zero-order chi connectivity index (χ0) is 13.8. The minimum absolute atomic E-state index is 0.182. The molecule has 0 bridgehead atoms. The molecule has 0 aliphatic carbocycles. The van der Waals surface area contributed by atoms with Crippen molar-refractivity contribution in [2.24, 2.45) is 0 Å². The van der Waals surface area contributed by atoms with Gasteiger partial charge in [0, 0.05) is 31.7 Å². The number of aliphatic hydroxyl groups excluding tert-OH is 1. The fourth-order valence-electron chi connectivity index (χ4n) is 2.70. The molecule has 5 heteroatoms. The van der Waals surface area contributed by atoms with E-state index in [0.29, 0.717) is 17.4 Å². The number of rotatable bonds is 4. The summed E-state index contributed by atoms with van der Waals surface area (Å²) in [6.07, 6.45) is 3.37. The van der Waals surface area contributed by atoms with Crippen molar-refractivity contribution in [3.05, 3.63) is 23.6 Å². The molecule has 0 radical (unpaired) electrons. The lowest BCUT2D eigenvalue weighted by Crippen LogP contribution is -2.43. The molecule has 2 heterocycles. The molecule has 1 aromatic heterocycles. The summed E-state index contributed by atoms with van der Waals surface area (Å²) in [5, 5.41) is 9.33. The van der Waals surface area contributed by atoms with Crippen molar-refractivity contribution in [1.82, 2.24) is 9.88 Å². The van der Waals surface area contributed by atoms with Crippen molar-refractivity contribution in [1.29, 1.82) is 0 Å². The molecule has 0 aromatic carbocycles. The fraction of sp³-hybridized carbons (Fsp3) is 0.643. The number of likely N-dealkylation sites (tertiary alicyclic amines) is 1. The zero-order valence-electron chi connectivity index (χ0n) is 11.6. The van der Waals surface area contributed by atoms with Crippen molar-refractivity contribution in [2.45, 2.75) is 32.4 Å². The van der Waals surface area contributed by atoms with Gasteiger partial charge in [-0.15, -0.1) is 0 Å². The smallest absolute Gasteiger partial charge is 0.142 e. The molecule has 1 aliphatic rings. The van der Waals surface area contributed by atoms with Gasteiger partial charge in [0.15, 0.2) is 0 Å². The predicted molar refractivity (Wildman–Crippen MR) is 73.7 cm³/mol. The third kappa shape index (κ3) is 3.22. The molecule has 1 N–H and O–H groups in total. The van der Waals surface area contributed by atoms with Crippen molar-refractivity contribution < 1.29 is 9.50 Å². The van der Waals surface area contributed by atoms with Gasteiger partial charge in [0.05, 0.1) is 12.8 Å². The van der Waals surface area contributed by atoms with E-state index in [9.17, 15) is 9.50 Å². The van der Waals surface area contributed by atoms with Crippen molar-refractivity contribution >= 4 is 5.82 Å². The Morgan fingerprint density at radius 2 is 2.16 bits per heavy atom. The SMILES string of the molecule is CCN1CCC(N(C)c2ncc(F)cc2CO)CC1. The van der Waals surface area contributed by atoms with Gasteiger partial charge in [-0.3, -0.25) is 0 Å². The van der Waals surface area contributed by atoms with Crippen LogP contribution < -0.4 is 4.90 Å². The second-order valence-electron chi connectivity index (χ2n) is 5.07. The van der Waals surface area contributed by atoms with Crippen LogP contribution in [0.1, 0.15) is 25.3 Å². The van der Waals surface area contributed by atoms with Crippen LogP contribution in [0.4, 0.5) is 10.2 Å². The summed E-state index contributed by atoms with van der Waals surface area (Å²) in [4.78, 5) is 8.65. The third-order valence-electron chi connectivity index (χ3n) is 3.97. The van der Waals surface area contributed by atoms with Gasteiger partial charge in [-0.2, -0.15) is 0 Å². The van der Waals surface area contributed by atoms with Crippen LogP contribution in [-0.2, 0) is 6.61 Å². The highest BCUT2D eigenvalue weighted by Crippen LogP contribution is 2.24. The van der Waals surface area contributed by atoms with E-state index < -0.39 is 5.82 Å². The first-order chi connectivity index (χ1) is 9.15. The molecule has 0 atom stereocenters. The number of aromatic nitrogens is 1. The van der Waals surface area contributed by atoms with E-state index in [4.69, 9.17) is 0 Å². The minimum atomic E-state index is -0.401. The molecular formula is C14H22FN3O. The second kappa shape index (κ2) is 6.30. The standard InChI is InChI=1S/C14H22FN3O/c1-3-18-6-4-13(5-7-18)17(2)14-11(10-19)8-12(15)9-16-14/h8-9,13,19H,3-7,10H2,1-2H3. The molecule has 2 rings (SSSR count). The van der Waals surface area contributed by atoms with Gasteiger partial charge in [-0.05, 0) is 25.5 Å². The molecule has 1 fully saturated rings.